The zero-order valence-corrected chi connectivity index (χ0v) is 33.3. The van der Waals surface area contributed by atoms with Gasteiger partial charge in [-0.2, -0.15) is 0 Å². The van der Waals surface area contributed by atoms with Crippen molar-refractivity contribution in [2.45, 2.75) is 174 Å². The summed E-state index contributed by atoms with van der Waals surface area (Å²) in [5.41, 5.74) is 0. The van der Waals surface area contributed by atoms with E-state index in [2.05, 4.69) is 43.5 Å². The minimum atomic E-state index is -4.34. The van der Waals surface area contributed by atoms with Crippen molar-refractivity contribution >= 4 is 13.7 Å². The van der Waals surface area contributed by atoms with Crippen molar-refractivity contribution < 1.29 is 32.9 Å². The molecule has 0 spiro atoms. The number of quaternary nitrogens is 1. The first-order valence-corrected chi connectivity index (χ1v) is 21.4. The van der Waals surface area contributed by atoms with Crippen LogP contribution < -0.4 is 5.32 Å². The van der Waals surface area contributed by atoms with Crippen LogP contribution in [0.15, 0.2) is 36.5 Å². The molecule has 49 heavy (non-hydrogen) atoms. The molecule has 0 aromatic carbocycles. The van der Waals surface area contributed by atoms with Crippen LogP contribution in [0.3, 0.4) is 0 Å². The number of hydrogen-bond acceptors (Lipinski definition) is 5. The van der Waals surface area contributed by atoms with Crippen LogP contribution in [0, 0.1) is 0 Å². The van der Waals surface area contributed by atoms with E-state index in [-0.39, 0.29) is 19.1 Å². The fraction of sp³-hybridized carbons (Fsp3) is 0.825. The van der Waals surface area contributed by atoms with Crippen molar-refractivity contribution in [2.75, 3.05) is 40.9 Å². The third kappa shape index (κ3) is 34.9. The lowest BCUT2D eigenvalue weighted by atomic mass is 10.0. The van der Waals surface area contributed by atoms with Crippen molar-refractivity contribution in [2.24, 2.45) is 0 Å². The fourth-order valence-electron chi connectivity index (χ4n) is 5.35. The lowest BCUT2D eigenvalue weighted by Crippen LogP contribution is -2.45. The van der Waals surface area contributed by atoms with E-state index in [4.69, 9.17) is 9.05 Å². The number of aliphatic hydroxyl groups is 1. The second kappa shape index (κ2) is 32.6. The van der Waals surface area contributed by atoms with Gasteiger partial charge in [0.15, 0.2) is 0 Å². The smallest absolute Gasteiger partial charge is 0.387 e. The number of phosphoric ester groups is 1. The maximum absolute atomic E-state index is 12.8. The molecule has 0 rings (SSSR count). The number of phosphoric acid groups is 1. The molecule has 3 atom stereocenters. The third-order valence-corrected chi connectivity index (χ3v) is 9.57. The summed E-state index contributed by atoms with van der Waals surface area (Å²) in [5.74, 6) is -0.193. The SMILES string of the molecule is CCCC/C=C/CC/C=C/CC/C=C/C(O)C(COP(=O)(O)OCC[N+](C)(C)C)NC(=O)CCCCCCCCCCCCCCCCC. The molecule has 0 heterocycles. The highest BCUT2D eigenvalue weighted by molar-refractivity contribution is 7.47. The van der Waals surface area contributed by atoms with Gasteiger partial charge in [-0.05, 0) is 38.5 Å². The summed E-state index contributed by atoms with van der Waals surface area (Å²) in [6, 6.07) is -0.863. The fourth-order valence-corrected chi connectivity index (χ4v) is 6.09. The Labute approximate surface area is 302 Å². The molecular weight excluding hydrogens is 635 g/mol. The van der Waals surface area contributed by atoms with E-state index in [1.807, 2.05) is 27.2 Å². The summed E-state index contributed by atoms with van der Waals surface area (Å²) in [7, 11) is 1.54. The van der Waals surface area contributed by atoms with Gasteiger partial charge in [-0.15, -0.1) is 0 Å². The predicted molar refractivity (Wildman–Crippen MR) is 208 cm³/mol. The van der Waals surface area contributed by atoms with Gasteiger partial charge in [0, 0.05) is 6.42 Å². The van der Waals surface area contributed by atoms with Crippen molar-refractivity contribution in [1.82, 2.24) is 5.32 Å². The minimum absolute atomic E-state index is 0.0542. The molecule has 0 aliphatic carbocycles. The van der Waals surface area contributed by atoms with Crippen LogP contribution in [0.25, 0.3) is 0 Å². The molecule has 0 aromatic heterocycles. The lowest BCUT2D eigenvalue weighted by molar-refractivity contribution is -0.870. The van der Waals surface area contributed by atoms with Crippen molar-refractivity contribution in [3.63, 3.8) is 0 Å². The molecule has 0 radical (unpaired) electrons. The molecule has 0 aromatic rings. The van der Waals surface area contributed by atoms with Crippen LogP contribution in [0.2, 0.25) is 0 Å². The molecule has 0 bridgehead atoms. The van der Waals surface area contributed by atoms with Crippen LogP contribution in [0.4, 0.5) is 0 Å². The predicted octanol–water partition coefficient (Wildman–Crippen LogP) is 10.4. The standard InChI is InChI=1S/C40H77N2O6P/c1-6-8-10-12-14-16-18-20-21-22-24-26-28-30-32-34-40(44)41-38(37-48-49(45,46)47-36-35-42(3,4)5)39(43)33-31-29-27-25-23-19-17-15-13-11-9-7-2/h13,15,23,25,31,33,38-39,43H,6-12,14,16-22,24,26-30,32,34-37H2,1-5H3,(H-,41,44,45,46)/p+1/b15-13+,25-23+,33-31+. The van der Waals surface area contributed by atoms with Crippen molar-refractivity contribution in [3.05, 3.63) is 36.5 Å². The van der Waals surface area contributed by atoms with Crippen LogP contribution in [0.5, 0.6) is 0 Å². The molecule has 0 aliphatic rings. The maximum atomic E-state index is 12.8. The Morgan fingerprint density at radius 3 is 1.61 bits per heavy atom. The number of carbonyl (C=O) groups excluding carboxylic acids is 1. The minimum Gasteiger partial charge on any atom is -0.387 e. The highest BCUT2D eigenvalue weighted by Gasteiger charge is 2.27. The van der Waals surface area contributed by atoms with E-state index in [9.17, 15) is 19.4 Å². The topological polar surface area (TPSA) is 105 Å². The lowest BCUT2D eigenvalue weighted by Gasteiger charge is -2.25. The van der Waals surface area contributed by atoms with E-state index in [1.54, 1.807) is 6.08 Å². The number of rotatable bonds is 35. The average molecular weight is 714 g/mol. The molecule has 288 valence electrons. The van der Waals surface area contributed by atoms with Crippen LogP contribution >= 0.6 is 7.82 Å². The summed E-state index contributed by atoms with van der Waals surface area (Å²) in [4.78, 5) is 23.0. The Kier molecular flexibility index (Phi) is 31.8. The first kappa shape index (κ1) is 47.7. The molecule has 3 unspecified atom stereocenters. The highest BCUT2D eigenvalue weighted by Crippen LogP contribution is 2.43. The summed E-state index contributed by atoms with van der Waals surface area (Å²) < 4.78 is 23.4. The maximum Gasteiger partial charge on any atom is 0.472 e. The monoisotopic (exact) mass is 714 g/mol. The number of unbranched alkanes of at least 4 members (excludes halogenated alkanes) is 18. The van der Waals surface area contributed by atoms with Gasteiger partial charge in [0.1, 0.15) is 13.2 Å². The van der Waals surface area contributed by atoms with Crippen molar-refractivity contribution in [3.8, 4) is 0 Å². The number of allylic oxidation sites excluding steroid dienone is 5. The van der Waals surface area contributed by atoms with Gasteiger partial charge in [-0.3, -0.25) is 13.8 Å². The Bertz CT molecular complexity index is 902. The van der Waals surface area contributed by atoms with Gasteiger partial charge >= 0.3 is 7.82 Å². The van der Waals surface area contributed by atoms with E-state index < -0.39 is 20.0 Å². The summed E-state index contributed by atoms with van der Waals surface area (Å²) in [5, 5.41) is 13.7. The summed E-state index contributed by atoms with van der Waals surface area (Å²) in [6.07, 6.45) is 37.8. The first-order valence-electron chi connectivity index (χ1n) is 19.9. The van der Waals surface area contributed by atoms with E-state index >= 15 is 0 Å². The number of aliphatic hydroxyl groups excluding tert-OH is 1. The summed E-state index contributed by atoms with van der Waals surface area (Å²) >= 11 is 0. The number of likely N-dealkylation sites (N-methyl/N-ethyl adjacent to an activating group) is 1. The number of hydrogen-bond donors (Lipinski definition) is 3. The van der Waals surface area contributed by atoms with Gasteiger partial charge < -0.3 is 19.8 Å². The van der Waals surface area contributed by atoms with Crippen LogP contribution in [-0.2, 0) is 18.4 Å². The van der Waals surface area contributed by atoms with E-state index in [0.29, 0.717) is 17.4 Å². The molecular formula is C40H78N2O6P+. The molecule has 9 heteroatoms. The van der Waals surface area contributed by atoms with E-state index in [0.717, 1.165) is 51.4 Å². The quantitative estimate of drug-likeness (QED) is 0.0261. The molecule has 0 fully saturated rings. The van der Waals surface area contributed by atoms with Crippen LogP contribution in [-0.4, -0.2) is 73.4 Å². The van der Waals surface area contributed by atoms with Gasteiger partial charge in [0.05, 0.1) is 39.9 Å². The molecule has 3 N–H and O–H groups in total. The average Bonchev–Trinajstić information content (AvgIpc) is 3.04. The largest absolute Gasteiger partial charge is 0.472 e. The number of carbonyl (C=O) groups is 1. The second-order valence-corrected chi connectivity index (χ2v) is 16.1. The number of nitrogens with zero attached hydrogens (tertiary/aromatic N) is 1. The number of nitrogens with one attached hydrogen (secondary N) is 1. The van der Waals surface area contributed by atoms with E-state index in [1.165, 1.54) is 89.9 Å². The zero-order chi connectivity index (χ0) is 36.5. The van der Waals surface area contributed by atoms with Gasteiger partial charge in [0.25, 0.3) is 0 Å². The van der Waals surface area contributed by atoms with Crippen molar-refractivity contribution in [1.29, 1.82) is 0 Å². The van der Waals surface area contributed by atoms with Gasteiger partial charge in [-0.25, -0.2) is 4.57 Å². The van der Waals surface area contributed by atoms with Gasteiger partial charge in [-0.1, -0.05) is 153 Å². The third-order valence-electron chi connectivity index (χ3n) is 8.59. The Morgan fingerprint density at radius 1 is 0.673 bits per heavy atom. The molecule has 0 saturated carbocycles. The van der Waals surface area contributed by atoms with Crippen LogP contribution in [0.1, 0.15) is 162 Å². The van der Waals surface area contributed by atoms with Gasteiger partial charge in [0.2, 0.25) is 5.91 Å². The zero-order valence-electron chi connectivity index (χ0n) is 32.4. The molecule has 0 aliphatic heterocycles. The first-order chi connectivity index (χ1) is 23.5. The Hall–Kier alpha value is -1.28. The molecule has 0 saturated heterocycles. The Balaban J connectivity index is 4.54. The summed E-state index contributed by atoms with van der Waals surface area (Å²) in [6.45, 7) is 4.72. The number of amides is 1. The second-order valence-electron chi connectivity index (χ2n) is 14.6. The molecule has 1 amide bonds. The normalized spacial score (nSPS) is 15.0. The molecule has 8 nitrogen and oxygen atoms in total. The Morgan fingerprint density at radius 2 is 1.12 bits per heavy atom. The highest BCUT2D eigenvalue weighted by atomic mass is 31.2.